The molecule has 2 N–H and O–H groups in total. The molecular formula is C21H17BrClN5O2. The quantitative estimate of drug-likeness (QED) is 0.516. The van der Waals surface area contributed by atoms with Crippen LogP contribution in [0.1, 0.15) is 16.9 Å². The highest BCUT2D eigenvalue weighted by atomic mass is 79.9. The molecule has 2 heterocycles. The number of hydrogen-bond acceptors (Lipinski definition) is 4. The Balaban J connectivity index is 1.62. The van der Waals surface area contributed by atoms with Crippen LogP contribution in [0.5, 0.6) is 0 Å². The number of halogens is 2. The second-order valence-corrected chi connectivity index (χ2v) is 8.08. The van der Waals surface area contributed by atoms with Gasteiger partial charge in [-0.2, -0.15) is 5.10 Å². The second-order valence-electron chi connectivity index (χ2n) is 6.86. The molecule has 2 atom stereocenters. The molecule has 9 heteroatoms. The lowest BCUT2D eigenvalue weighted by molar-refractivity contribution is -0.119. The summed E-state index contributed by atoms with van der Waals surface area (Å²) in [6.45, 7) is 3.78. The summed E-state index contributed by atoms with van der Waals surface area (Å²) in [5.41, 5.74) is -0.229. The highest BCUT2D eigenvalue weighted by molar-refractivity contribution is 9.10. The minimum Gasteiger partial charge on any atom is -0.336 e. The topological polar surface area (TPSA) is 88.9 Å². The molecule has 3 aromatic rings. The Morgan fingerprint density at radius 3 is 2.70 bits per heavy atom. The summed E-state index contributed by atoms with van der Waals surface area (Å²) in [6.07, 6.45) is 3.69. The zero-order chi connectivity index (χ0) is 21.3. The fourth-order valence-corrected chi connectivity index (χ4v) is 3.85. The minimum atomic E-state index is -1.08. The van der Waals surface area contributed by atoms with Crippen LogP contribution in [-0.4, -0.2) is 32.1 Å². The molecule has 0 saturated heterocycles. The molecule has 4 rings (SSSR count). The van der Waals surface area contributed by atoms with E-state index >= 15 is 0 Å². The summed E-state index contributed by atoms with van der Waals surface area (Å²) >= 11 is 9.52. The van der Waals surface area contributed by atoms with E-state index in [4.69, 9.17) is 11.6 Å². The Hall–Kier alpha value is -2.97. The maximum atomic E-state index is 13.2. The standard InChI is InChI=1S/C21H17BrClN5O2/c1-2-13-12-21(13,20(30)25-14-7-4-3-5-8-14)26-19(29)16-11-17(22)27-28(16)18-15(23)9-6-10-24-18/h2-11,13H,1,12H2,(H,25,30)(H,26,29). The van der Waals surface area contributed by atoms with Crippen LogP contribution >= 0.6 is 27.5 Å². The van der Waals surface area contributed by atoms with Crippen molar-refractivity contribution in [2.45, 2.75) is 12.0 Å². The van der Waals surface area contributed by atoms with E-state index in [1.807, 2.05) is 18.2 Å². The molecule has 0 aliphatic heterocycles. The first kappa shape index (κ1) is 20.3. The molecule has 1 aliphatic rings. The van der Waals surface area contributed by atoms with Gasteiger partial charge in [-0.05, 0) is 46.6 Å². The van der Waals surface area contributed by atoms with Gasteiger partial charge in [-0.25, -0.2) is 9.67 Å². The normalized spacial score (nSPS) is 19.7. The van der Waals surface area contributed by atoms with Crippen LogP contribution in [0.15, 0.2) is 72.0 Å². The monoisotopic (exact) mass is 485 g/mol. The predicted octanol–water partition coefficient (Wildman–Crippen LogP) is 4.00. The number of anilines is 1. The molecule has 1 aromatic carbocycles. The van der Waals surface area contributed by atoms with Crippen LogP contribution in [0.3, 0.4) is 0 Å². The Labute approximate surface area is 186 Å². The SMILES string of the molecule is C=CC1CC1(NC(=O)c1cc(Br)nn1-c1ncccc1Cl)C(=O)Nc1ccccc1. The maximum Gasteiger partial charge on any atom is 0.271 e. The van der Waals surface area contributed by atoms with E-state index in [-0.39, 0.29) is 17.5 Å². The number of nitrogens with one attached hydrogen (secondary N) is 2. The van der Waals surface area contributed by atoms with Crippen molar-refractivity contribution < 1.29 is 9.59 Å². The predicted molar refractivity (Wildman–Crippen MR) is 118 cm³/mol. The van der Waals surface area contributed by atoms with Crippen LogP contribution in [0, 0.1) is 5.92 Å². The summed E-state index contributed by atoms with van der Waals surface area (Å²) in [4.78, 5) is 30.4. The van der Waals surface area contributed by atoms with Gasteiger partial charge in [0.1, 0.15) is 15.8 Å². The van der Waals surface area contributed by atoms with Gasteiger partial charge >= 0.3 is 0 Å². The largest absolute Gasteiger partial charge is 0.336 e. The van der Waals surface area contributed by atoms with Crippen molar-refractivity contribution in [3.63, 3.8) is 0 Å². The first-order valence-electron chi connectivity index (χ1n) is 9.12. The van der Waals surface area contributed by atoms with E-state index in [0.29, 0.717) is 27.6 Å². The number of benzene rings is 1. The highest BCUT2D eigenvalue weighted by Crippen LogP contribution is 2.45. The van der Waals surface area contributed by atoms with Crippen molar-refractivity contribution >= 4 is 45.0 Å². The van der Waals surface area contributed by atoms with E-state index in [0.717, 1.165) is 0 Å². The third-order valence-corrected chi connectivity index (χ3v) is 5.61. The molecule has 2 amide bonds. The third kappa shape index (κ3) is 3.76. The molecular weight excluding hydrogens is 470 g/mol. The van der Waals surface area contributed by atoms with E-state index in [2.05, 4.69) is 43.2 Å². The Morgan fingerprint density at radius 1 is 1.27 bits per heavy atom. The Bertz CT molecular complexity index is 1130. The van der Waals surface area contributed by atoms with Crippen molar-refractivity contribution in [3.8, 4) is 5.82 Å². The number of carbonyl (C=O) groups excluding carboxylic acids is 2. The van der Waals surface area contributed by atoms with Gasteiger partial charge in [-0.1, -0.05) is 35.9 Å². The summed E-state index contributed by atoms with van der Waals surface area (Å²) in [5, 5.41) is 10.3. The van der Waals surface area contributed by atoms with E-state index in [9.17, 15) is 9.59 Å². The molecule has 30 heavy (non-hydrogen) atoms. The van der Waals surface area contributed by atoms with Gasteiger partial charge in [0.05, 0.1) is 5.02 Å². The van der Waals surface area contributed by atoms with Gasteiger partial charge in [0.25, 0.3) is 11.8 Å². The minimum absolute atomic E-state index is 0.177. The summed E-state index contributed by atoms with van der Waals surface area (Å²) < 4.78 is 1.78. The van der Waals surface area contributed by atoms with Crippen molar-refractivity contribution in [1.82, 2.24) is 20.1 Å². The number of hydrogen-bond donors (Lipinski definition) is 2. The van der Waals surface area contributed by atoms with Crippen LogP contribution in [0.2, 0.25) is 5.02 Å². The van der Waals surface area contributed by atoms with Crippen LogP contribution in [-0.2, 0) is 4.79 Å². The first-order chi connectivity index (χ1) is 14.4. The lowest BCUT2D eigenvalue weighted by Crippen LogP contribution is -2.48. The molecule has 152 valence electrons. The van der Waals surface area contributed by atoms with Crippen molar-refractivity contribution in [2.24, 2.45) is 5.92 Å². The molecule has 1 fully saturated rings. The summed E-state index contributed by atoms with van der Waals surface area (Å²) in [5.74, 6) is -0.632. The summed E-state index contributed by atoms with van der Waals surface area (Å²) in [6, 6.07) is 14.0. The number of carbonyl (C=O) groups is 2. The number of rotatable bonds is 6. The smallest absolute Gasteiger partial charge is 0.271 e. The highest BCUT2D eigenvalue weighted by Gasteiger charge is 2.60. The molecule has 2 unspecified atom stereocenters. The zero-order valence-corrected chi connectivity index (χ0v) is 18.0. The third-order valence-electron chi connectivity index (χ3n) is 4.92. The van der Waals surface area contributed by atoms with Gasteiger partial charge in [0, 0.05) is 23.9 Å². The lowest BCUT2D eigenvalue weighted by atomic mass is 10.1. The van der Waals surface area contributed by atoms with Crippen LogP contribution in [0.4, 0.5) is 5.69 Å². The van der Waals surface area contributed by atoms with E-state index in [1.54, 1.807) is 42.6 Å². The summed E-state index contributed by atoms with van der Waals surface area (Å²) in [7, 11) is 0. The molecule has 1 saturated carbocycles. The Kier molecular flexibility index (Phi) is 5.44. The van der Waals surface area contributed by atoms with Crippen molar-refractivity contribution in [3.05, 3.63) is 82.7 Å². The van der Waals surface area contributed by atoms with E-state index in [1.165, 1.54) is 4.68 Å². The fourth-order valence-electron chi connectivity index (χ4n) is 3.27. The number of aromatic nitrogens is 3. The van der Waals surface area contributed by atoms with Crippen LogP contribution < -0.4 is 10.6 Å². The lowest BCUT2D eigenvalue weighted by Gasteiger charge is -2.19. The van der Waals surface area contributed by atoms with Gasteiger partial charge in [0.15, 0.2) is 5.82 Å². The molecule has 0 radical (unpaired) electrons. The number of nitrogens with zero attached hydrogens (tertiary/aromatic N) is 3. The number of pyridine rings is 1. The van der Waals surface area contributed by atoms with E-state index < -0.39 is 11.4 Å². The second kappa shape index (κ2) is 8.04. The average Bonchev–Trinajstić information content (AvgIpc) is 3.32. The molecule has 1 aliphatic carbocycles. The zero-order valence-electron chi connectivity index (χ0n) is 15.7. The molecule has 0 spiro atoms. The fraction of sp³-hybridized carbons (Fsp3) is 0.143. The Morgan fingerprint density at radius 2 is 2.03 bits per heavy atom. The van der Waals surface area contributed by atoms with Gasteiger partial charge in [0.2, 0.25) is 0 Å². The maximum absolute atomic E-state index is 13.2. The molecule has 7 nitrogen and oxygen atoms in total. The average molecular weight is 487 g/mol. The first-order valence-corrected chi connectivity index (χ1v) is 10.3. The van der Waals surface area contributed by atoms with Gasteiger partial charge in [-0.3, -0.25) is 9.59 Å². The van der Waals surface area contributed by atoms with Crippen molar-refractivity contribution in [1.29, 1.82) is 0 Å². The molecule has 0 bridgehead atoms. The number of para-hydroxylation sites is 1. The van der Waals surface area contributed by atoms with Crippen molar-refractivity contribution in [2.75, 3.05) is 5.32 Å². The molecule has 2 aromatic heterocycles. The number of amides is 2. The van der Waals surface area contributed by atoms with Gasteiger partial charge < -0.3 is 10.6 Å². The van der Waals surface area contributed by atoms with Gasteiger partial charge in [-0.15, -0.1) is 6.58 Å². The van der Waals surface area contributed by atoms with Crippen LogP contribution in [0.25, 0.3) is 5.82 Å².